The summed E-state index contributed by atoms with van der Waals surface area (Å²) in [4.78, 5) is 0. The van der Waals surface area contributed by atoms with Crippen LogP contribution in [-0.2, 0) is 13.0 Å². The van der Waals surface area contributed by atoms with Crippen LogP contribution in [0.25, 0.3) is 0 Å². The van der Waals surface area contributed by atoms with Gasteiger partial charge in [0.1, 0.15) is 11.4 Å². The molecule has 114 valence electrons. The molecular formula is C16H24N4O. The quantitative estimate of drug-likeness (QED) is 0.859. The van der Waals surface area contributed by atoms with Gasteiger partial charge in [0.05, 0.1) is 6.54 Å². The predicted molar refractivity (Wildman–Crippen MR) is 81.2 cm³/mol. The van der Waals surface area contributed by atoms with E-state index in [1.165, 1.54) is 43.2 Å². The molecule has 0 aromatic carbocycles. The molecular weight excluding hydrogens is 264 g/mol. The molecule has 0 aliphatic heterocycles. The van der Waals surface area contributed by atoms with Gasteiger partial charge in [0, 0.05) is 18.4 Å². The van der Waals surface area contributed by atoms with E-state index in [1.807, 2.05) is 6.92 Å². The Morgan fingerprint density at radius 3 is 3.00 bits per heavy atom. The number of fused-ring (bicyclic) bond motifs is 1. The van der Waals surface area contributed by atoms with Gasteiger partial charge in [-0.2, -0.15) is 0 Å². The summed E-state index contributed by atoms with van der Waals surface area (Å²) in [7, 11) is 0. The van der Waals surface area contributed by atoms with E-state index in [2.05, 4.69) is 39.5 Å². The van der Waals surface area contributed by atoms with Crippen LogP contribution in [0.15, 0.2) is 17.0 Å². The molecule has 1 unspecified atom stereocenters. The topological polar surface area (TPSA) is 55.9 Å². The van der Waals surface area contributed by atoms with E-state index < -0.39 is 0 Å². The largest absolute Gasteiger partial charge is 0.348 e. The van der Waals surface area contributed by atoms with Crippen LogP contribution >= 0.6 is 0 Å². The molecule has 1 atom stereocenters. The molecule has 1 aliphatic carbocycles. The number of aryl methyl sites for hydroxylation is 2. The van der Waals surface area contributed by atoms with Crippen LogP contribution < -0.4 is 5.32 Å². The SMILES string of the molecule is CCCNC1CCCCc2cn(Cc3nonc3C)cc21. The molecule has 1 N–H and O–H groups in total. The molecule has 5 nitrogen and oxygen atoms in total. The molecule has 3 rings (SSSR count). The fraction of sp³-hybridized carbons (Fsp3) is 0.625. The second-order valence-electron chi connectivity index (χ2n) is 5.96. The number of rotatable bonds is 5. The molecule has 0 saturated carbocycles. The van der Waals surface area contributed by atoms with Gasteiger partial charge in [-0.1, -0.05) is 23.7 Å². The lowest BCUT2D eigenvalue weighted by molar-refractivity contribution is 0.300. The summed E-state index contributed by atoms with van der Waals surface area (Å²) in [5.74, 6) is 0. The first kappa shape index (κ1) is 14.3. The molecule has 21 heavy (non-hydrogen) atoms. The van der Waals surface area contributed by atoms with Gasteiger partial charge in [-0.15, -0.1) is 0 Å². The van der Waals surface area contributed by atoms with Crippen LogP contribution in [-0.4, -0.2) is 21.4 Å². The van der Waals surface area contributed by atoms with Crippen molar-refractivity contribution in [1.82, 2.24) is 20.2 Å². The third kappa shape index (κ3) is 3.18. The standard InChI is InChI=1S/C16H24N4O/c1-3-8-17-15-7-5-4-6-13-9-20(10-14(13)15)11-16-12(2)18-21-19-16/h9-10,15,17H,3-8,11H2,1-2H3. The number of hydrogen-bond acceptors (Lipinski definition) is 4. The molecule has 0 saturated heterocycles. The first-order valence-electron chi connectivity index (χ1n) is 7.98. The van der Waals surface area contributed by atoms with Crippen molar-refractivity contribution < 1.29 is 4.63 Å². The maximum atomic E-state index is 4.79. The summed E-state index contributed by atoms with van der Waals surface area (Å²) < 4.78 is 7.01. The van der Waals surface area contributed by atoms with Crippen molar-refractivity contribution >= 4 is 0 Å². The van der Waals surface area contributed by atoms with Gasteiger partial charge < -0.3 is 9.88 Å². The highest BCUT2D eigenvalue weighted by molar-refractivity contribution is 5.29. The van der Waals surface area contributed by atoms with Gasteiger partial charge in [0.2, 0.25) is 0 Å². The molecule has 0 fully saturated rings. The maximum Gasteiger partial charge on any atom is 0.127 e. The zero-order chi connectivity index (χ0) is 14.7. The molecule has 0 spiro atoms. The van der Waals surface area contributed by atoms with E-state index in [0.29, 0.717) is 6.04 Å². The number of nitrogens with one attached hydrogen (secondary N) is 1. The fourth-order valence-corrected chi connectivity index (χ4v) is 3.10. The molecule has 1 aliphatic rings. The van der Waals surface area contributed by atoms with Crippen LogP contribution in [0.3, 0.4) is 0 Å². The lowest BCUT2D eigenvalue weighted by Crippen LogP contribution is -2.21. The average Bonchev–Trinajstić information content (AvgIpc) is 3.01. The Bertz CT molecular complexity index is 587. The van der Waals surface area contributed by atoms with Gasteiger partial charge in [-0.05, 0) is 50.3 Å². The van der Waals surface area contributed by atoms with Crippen LogP contribution in [0.4, 0.5) is 0 Å². The lowest BCUT2D eigenvalue weighted by Gasteiger charge is -2.16. The molecule has 2 aromatic heterocycles. The zero-order valence-corrected chi connectivity index (χ0v) is 12.9. The van der Waals surface area contributed by atoms with E-state index in [4.69, 9.17) is 4.63 Å². The third-order valence-electron chi connectivity index (χ3n) is 4.28. The Labute approximate surface area is 125 Å². The van der Waals surface area contributed by atoms with Gasteiger partial charge in [0.15, 0.2) is 0 Å². The minimum atomic E-state index is 0.500. The Hall–Kier alpha value is -1.62. The number of aromatic nitrogens is 3. The predicted octanol–water partition coefficient (Wildman–Crippen LogP) is 2.99. The van der Waals surface area contributed by atoms with Gasteiger partial charge >= 0.3 is 0 Å². The van der Waals surface area contributed by atoms with E-state index in [0.717, 1.165) is 24.5 Å². The molecule has 0 radical (unpaired) electrons. The summed E-state index contributed by atoms with van der Waals surface area (Å²) >= 11 is 0. The third-order valence-corrected chi connectivity index (χ3v) is 4.28. The normalized spacial score (nSPS) is 18.5. The average molecular weight is 288 g/mol. The summed E-state index contributed by atoms with van der Waals surface area (Å²) in [5.41, 5.74) is 4.74. The van der Waals surface area contributed by atoms with Crippen molar-refractivity contribution in [2.24, 2.45) is 0 Å². The molecule has 0 bridgehead atoms. The summed E-state index contributed by atoms with van der Waals surface area (Å²) in [6.07, 6.45) is 10.7. The summed E-state index contributed by atoms with van der Waals surface area (Å²) in [6.45, 7) is 5.98. The van der Waals surface area contributed by atoms with Crippen molar-refractivity contribution in [3.63, 3.8) is 0 Å². The van der Waals surface area contributed by atoms with Gasteiger partial charge in [0.25, 0.3) is 0 Å². The highest BCUT2D eigenvalue weighted by atomic mass is 16.6. The van der Waals surface area contributed by atoms with Gasteiger partial charge in [-0.25, -0.2) is 4.63 Å². The van der Waals surface area contributed by atoms with Crippen molar-refractivity contribution in [3.8, 4) is 0 Å². The van der Waals surface area contributed by atoms with Gasteiger partial charge in [-0.3, -0.25) is 0 Å². The van der Waals surface area contributed by atoms with Crippen molar-refractivity contribution in [2.75, 3.05) is 6.54 Å². The van der Waals surface area contributed by atoms with E-state index >= 15 is 0 Å². The summed E-state index contributed by atoms with van der Waals surface area (Å²) in [5, 5.41) is 11.5. The summed E-state index contributed by atoms with van der Waals surface area (Å²) in [6, 6.07) is 0.500. The first-order valence-corrected chi connectivity index (χ1v) is 7.98. The Balaban J connectivity index is 1.81. The van der Waals surface area contributed by atoms with E-state index in [-0.39, 0.29) is 0 Å². The van der Waals surface area contributed by atoms with Crippen LogP contribution in [0.2, 0.25) is 0 Å². The van der Waals surface area contributed by atoms with Crippen molar-refractivity contribution in [2.45, 2.75) is 58.5 Å². The Morgan fingerprint density at radius 1 is 1.33 bits per heavy atom. The highest BCUT2D eigenvalue weighted by Gasteiger charge is 2.20. The highest BCUT2D eigenvalue weighted by Crippen LogP contribution is 2.29. The molecule has 0 amide bonds. The Morgan fingerprint density at radius 2 is 2.24 bits per heavy atom. The smallest absolute Gasteiger partial charge is 0.127 e. The molecule has 5 heteroatoms. The fourth-order valence-electron chi connectivity index (χ4n) is 3.10. The monoisotopic (exact) mass is 288 g/mol. The van der Waals surface area contributed by atoms with Crippen molar-refractivity contribution in [1.29, 1.82) is 0 Å². The minimum Gasteiger partial charge on any atom is -0.348 e. The van der Waals surface area contributed by atoms with E-state index in [1.54, 1.807) is 0 Å². The van der Waals surface area contributed by atoms with E-state index in [9.17, 15) is 0 Å². The zero-order valence-electron chi connectivity index (χ0n) is 12.9. The number of nitrogens with zero attached hydrogens (tertiary/aromatic N) is 3. The van der Waals surface area contributed by atoms with Crippen LogP contribution in [0, 0.1) is 6.92 Å². The van der Waals surface area contributed by atoms with Crippen molar-refractivity contribution in [3.05, 3.63) is 34.9 Å². The molecule has 2 heterocycles. The second kappa shape index (κ2) is 6.43. The Kier molecular flexibility index (Phi) is 4.39. The second-order valence-corrected chi connectivity index (χ2v) is 5.96. The van der Waals surface area contributed by atoms with Crippen LogP contribution in [0.5, 0.6) is 0 Å². The molecule has 2 aromatic rings. The minimum absolute atomic E-state index is 0.500. The lowest BCUT2D eigenvalue weighted by atomic mass is 10.0. The number of hydrogen-bond donors (Lipinski definition) is 1. The first-order chi connectivity index (χ1) is 10.3. The van der Waals surface area contributed by atoms with Crippen LogP contribution in [0.1, 0.15) is 61.2 Å². The maximum absolute atomic E-state index is 4.79.